The predicted octanol–water partition coefficient (Wildman–Crippen LogP) is 4.98. The molecule has 12 heteroatoms. The molecule has 1 N–H and O–H groups in total. The molecule has 0 unspecified atom stereocenters. The van der Waals surface area contributed by atoms with E-state index in [1.807, 2.05) is 13.2 Å². The van der Waals surface area contributed by atoms with Crippen LogP contribution in [0.1, 0.15) is 36.2 Å². The van der Waals surface area contributed by atoms with Gasteiger partial charge < -0.3 is 24.4 Å². The first-order valence-electron chi connectivity index (χ1n) is 13.5. The summed E-state index contributed by atoms with van der Waals surface area (Å²) in [4.78, 5) is 43.7. The van der Waals surface area contributed by atoms with Crippen molar-refractivity contribution >= 4 is 51.7 Å². The van der Waals surface area contributed by atoms with E-state index in [-0.39, 0.29) is 36.2 Å². The van der Waals surface area contributed by atoms with Gasteiger partial charge in [0.1, 0.15) is 6.61 Å². The number of hydrogen-bond acceptors (Lipinski definition) is 8. The Bertz CT molecular complexity index is 1590. The van der Waals surface area contributed by atoms with Crippen LogP contribution in [0.4, 0.5) is 11.6 Å². The number of nitrogens with zero attached hydrogens (tertiary/aromatic N) is 5. The van der Waals surface area contributed by atoms with Crippen molar-refractivity contribution in [3.8, 4) is 11.1 Å². The van der Waals surface area contributed by atoms with Gasteiger partial charge in [0.2, 0.25) is 5.95 Å². The number of carbonyl (C=O) groups is 1. The molecule has 1 saturated heterocycles. The Morgan fingerprint density at radius 3 is 2.61 bits per heavy atom. The number of nitrogens with one attached hydrogen (secondary N) is 1. The molecule has 216 valence electrons. The molecule has 0 saturated carbocycles. The molecule has 41 heavy (non-hydrogen) atoms. The Balaban J connectivity index is 1.41. The summed E-state index contributed by atoms with van der Waals surface area (Å²) in [5, 5.41) is 4.36. The van der Waals surface area contributed by atoms with Crippen LogP contribution >= 0.6 is 23.2 Å². The fraction of sp³-hybridized carbons (Fsp3) is 0.379. The molecule has 0 radical (unpaired) electrons. The summed E-state index contributed by atoms with van der Waals surface area (Å²) in [5.74, 6) is 0.327. The van der Waals surface area contributed by atoms with E-state index in [0.29, 0.717) is 38.8 Å². The van der Waals surface area contributed by atoms with Gasteiger partial charge in [-0.15, -0.1) is 4.73 Å². The van der Waals surface area contributed by atoms with Crippen LogP contribution in [0.15, 0.2) is 47.5 Å². The highest BCUT2D eigenvalue weighted by Gasteiger charge is 2.20. The molecular weight excluding hydrogens is 567 g/mol. The highest BCUT2D eigenvalue weighted by molar-refractivity contribution is 6.39. The Labute approximate surface area is 247 Å². The minimum atomic E-state index is -0.477. The molecule has 5 rings (SSSR count). The van der Waals surface area contributed by atoms with E-state index in [4.69, 9.17) is 32.8 Å². The lowest BCUT2D eigenvalue weighted by molar-refractivity contribution is 0.0584. The molecule has 4 heterocycles. The molecule has 4 aromatic rings. The molecule has 0 amide bonds. The summed E-state index contributed by atoms with van der Waals surface area (Å²) in [6, 6.07) is 8.47. The van der Waals surface area contributed by atoms with Crippen molar-refractivity contribution < 1.29 is 14.4 Å². The second-order valence-corrected chi connectivity index (χ2v) is 10.8. The van der Waals surface area contributed by atoms with Gasteiger partial charge in [-0.1, -0.05) is 29.3 Å². The number of aryl methyl sites for hydroxylation is 1. The van der Waals surface area contributed by atoms with Gasteiger partial charge >= 0.3 is 0 Å². The van der Waals surface area contributed by atoms with Gasteiger partial charge in [-0.05, 0) is 63.2 Å². The van der Waals surface area contributed by atoms with Crippen LogP contribution in [0.25, 0.3) is 22.2 Å². The fourth-order valence-electron chi connectivity index (χ4n) is 5.03. The number of rotatable bonds is 12. The van der Waals surface area contributed by atoms with Crippen LogP contribution in [-0.4, -0.2) is 69.9 Å². The number of methoxy groups -OCH3 is 1. The van der Waals surface area contributed by atoms with Gasteiger partial charge in [0, 0.05) is 43.9 Å². The van der Waals surface area contributed by atoms with Gasteiger partial charge in [0.05, 0.1) is 33.6 Å². The third-order valence-corrected chi connectivity index (χ3v) is 7.70. The first-order valence-corrected chi connectivity index (χ1v) is 14.3. The Hall–Kier alpha value is -3.44. The number of ketones is 1. The van der Waals surface area contributed by atoms with Gasteiger partial charge in [-0.2, -0.15) is 4.98 Å². The summed E-state index contributed by atoms with van der Waals surface area (Å²) in [6.45, 7) is 3.57. The van der Waals surface area contributed by atoms with Crippen molar-refractivity contribution in [1.29, 1.82) is 0 Å². The highest BCUT2D eigenvalue weighted by atomic mass is 35.5. The standard InChI is InChI=1S/C29H32Cl2N6O4/c1-35-18-20(16-24(35)25(38)9-6-12-36-10-3-4-11-36)33-29-32-17-19-15-21(26-22(30)7-5-8-23(26)31)28(39)37(27(19)34-29)41-14-13-40-2/h5,7-8,15-18H,3-4,6,9-14H2,1-2H3,(H,32,33,34). The maximum absolute atomic E-state index is 13.6. The number of anilines is 2. The molecule has 1 aliphatic rings. The van der Waals surface area contributed by atoms with E-state index in [1.165, 1.54) is 12.8 Å². The zero-order valence-electron chi connectivity index (χ0n) is 23.0. The largest absolute Gasteiger partial charge is 0.406 e. The number of pyridine rings is 1. The summed E-state index contributed by atoms with van der Waals surface area (Å²) in [5.41, 5.74) is 1.69. The van der Waals surface area contributed by atoms with Crippen molar-refractivity contribution in [3.63, 3.8) is 0 Å². The molecule has 1 aromatic carbocycles. The SMILES string of the molecule is COCCOn1c(=O)c(-c2c(Cl)cccc2Cl)cc2cnc(Nc3cc(C(=O)CCCN4CCCC4)n(C)c3)nc21. The minimum Gasteiger partial charge on any atom is -0.406 e. The van der Waals surface area contributed by atoms with Crippen LogP contribution in [0.5, 0.6) is 0 Å². The number of aromatic nitrogens is 4. The number of hydrogen-bond donors (Lipinski definition) is 1. The van der Waals surface area contributed by atoms with Gasteiger partial charge in [-0.25, -0.2) is 4.98 Å². The average Bonchev–Trinajstić information content (AvgIpc) is 3.60. The number of ether oxygens (including phenoxy) is 1. The summed E-state index contributed by atoms with van der Waals surface area (Å²) in [7, 11) is 3.38. The maximum atomic E-state index is 13.6. The first kappa shape index (κ1) is 29.1. The molecule has 0 spiro atoms. The summed E-state index contributed by atoms with van der Waals surface area (Å²) >= 11 is 12.8. The number of likely N-dealkylation sites (tertiary alicyclic amines) is 1. The van der Waals surface area contributed by atoms with Crippen LogP contribution < -0.4 is 15.7 Å². The molecule has 1 aliphatic heterocycles. The lowest BCUT2D eigenvalue weighted by Crippen LogP contribution is -2.31. The monoisotopic (exact) mass is 598 g/mol. The van der Waals surface area contributed by atoms with Crippen molar-refractivity contribution in [2.24, 2.45) is 7.05 Å². The van der Waals surface area contributed by atoms with Crippen LogP contribution in [0, 0.1) is 0 Å². The third-order valence-electron chi connectivity index (χ3n) is 7.07. The van der Waals surface area contributed by atoms with E-state index >= 15 is 0 Å². The molecule has 1 fully saturated rings. The molecule has 0 bridgehead atoms. The normalized spacial score (nSPS) is 13.7. The van der Waals surface area contributed by atoms with E-state index in [0.717, 1.165) is 30.8 Å². The average molecular weight is 600 g/mol. The third kappa shape index (κ3) is 6.56. The number of carbonyl (C=O) groups excluding carboxylic acids is 1. The topological polar surface area (TPSA) is 104 Å². The fourth-order valence-corrected chi connectivity index (χ4v) is 5.63. The zero-order valence-corrected chi connectivity index (χ0v) is 24.5. The zero-order chi connectivity index (χ0) is 28.9. The Morgan fingerprint density at radius 2 is 1.88 bits per heavy atom. The van der Waals surface area contributed by atoms with Crippen molar-refractivity contribution in [3.05, 3.63) is 68.8 Å². The van der Waals surface area contributed by atoms with E-state index in [2.05, 4.69) is 20.2 Å². The summed E-state index contributed by atoms with van der Waals surface area (Å²) < 4.78 is 8.00. The molecule has 10 nitrogen and oxygen atoms in total. The molecule has 0 atom stereocenters. The number of halogens is 2. The lowest BCUT2D eigenvalue weighted by atomic mass is 10.1. The molecular formula is C29H32Cl2N6O4. The van der Waals surface area contributed by atoms with Crippen LogP contribution in [-0.2, 0) is 11.8 Å². The number of benzene rings is 1. The lowest BCUT2D eigenvalue weighted by Gasteiger charge is -2.15. The Morgan fingerprint density at radius 1 is 1.12 bits per heavy atom. The van der Waals surface area contributed by atoms with Gasteiger partial charge in [0.25, 0.3) is 5.56 Å². The van der Waals surface area contributed by atoms with Crippen LogP contribution in [0.2, 0.25) is 10.0 Å². The van der Waals surface area contributed by atoms with Gasteiger partial charge in [0.15, 0.2) is 11.4 Å². The number of Topliss-reactive ketones (excluding diaryl/α,β-unsaturated/α-hetero) is 1. The van der Waals surface area contributed by atoms with Crippen LogP contribution in [0.3, 0.4) is 0 Å². The minimum absolute atomic E-state index is 0.0883. The second-order valence-electron chi connectivity index (χ2n) is 9.98. The first-order chi connectivity index (χ1) is 19.9. The van der Waals surface area contributed by atoms with Gasteiger partial charge in [-0.3, -0.25) is 9.59 Å². The quantitative estimate of drug-likeness (QED) is 0.180. The van der Waals surface area contributed by atoms with Crippen molar-refractivity contribution in [1.82, 2.24) is 24.2 Å². The molecule has 3 aromatic heterocycles. The van der Waals surface area contributed by atoms with E-state index < -0.39 is 5.56 Å². The molecule has 0 aliphatic carbocycles. The predicted molar refractivity (Wildman–Crippen MR) is 161 cm³/mol. The van der Waals surface area contributed by atoms with E-state index in [1.54, 1.807) is 48.2 Å². The maximum Gasteiger partial charge on any atom is 0.293 e. The van der Waals surface area contributed by atoms with Crippen molar-refractivity contribution in [2.45, 2.75) is 25.7 Å². The Kier molecular flexibility index (Phi) is 9.24. The summed E-state index contributed by atoms with van der Waals surface area (Å²) in [6.07, 6.45) is 7.20. The second kappa shape index (κ2) is 13.0. The highest BCUT2D eigenvalue weighted by Crippen LogP contribution is 2.34. The van der Waals surface area contributed by atoms with E-state index in [9.17, 15) is 9.59 Å². The number of fused-ring (bicyclic) bond motifs is 1. The van der Waals surface area contributed by atoms with Crippen molar-refractivity contribution in [2.75, 3.05) is 45.3 Å². The smallest absolute Gasteiger partial charge is 0.293 e.